The summed E-state index contributed by atoms with van der Waals surface area (Å²) in [4.78, 5) is 15.6. The molecule has 0 fully saturated rings. The first-order chi connectivity index (χ1) is 4.47. The van der Waals surface area contributed by atoms with E-state index in [1.165, 1.54) is 0 Å². The van der Waals surface area contributed by atoms with Crippen LogP contribution in [0, 0.1) is 0 Å². The fraction of sp³-hybridized carbons (Fsp3) is 0.333. The van der Waals surface area contributed by atoms with E-state index in [4.69, 9.17) is 9.79 Å². The quantitative estimate of drug-likeness (QED) is 0.411. The fourth-order valence-corrected chi connectivity index (χ4v) is 0.991. The Bertz CT molecular complexity index is 124. The van der Waals surface area contributed by atoms with Crippen LogP contribution in [0.15, 0.2) is 12.7 Å². The highest BCUT2D eigenvalue weighted by atomic mass is 35.7. The van der Waals surface area contributed by atoms with Gasteiger partial charge in [0.15, 0.2) is 0 Å². The maximum absolute atomic E-state index is 9.60. The van der Waals surface area contributed by atoms with Gasteiger partial charge in [-0.25, -0.2) is 4.57 Å². The molecule has 4 nitrogen and oxygen atoms in total. The zero-order valence-electron chi connectivity index (χ0n) is 5.23. The Morgan fingerprint density at radius 2 is 2.10 bits per heavy atom. The minimum Gasteiger partial charge on any atom is -0.302 e. The lowest BCUT2D eigenvalue weighted by Crippen LogP contribution is -1.72. The molecule has 0 aliphatic rings. The lowest BCUT2D eigenvalue weighted by Gasteiger charge is -1.94. The first kappa shape index (κ1) is 13.1. The van der Waals surface area contributed by atoms with Gasteiger partial charge in [0.25, 0.3) is 0 Å². The van der Waals surface area contributed by atoms with Crippen LogP contribution in [-0.4, -0.2) is 9.79 Å². The molecule has 0 aliphatic heterocycles. The van der Waals surface area contributed by atoms with E-state index in [0.29, 0.717) is 0 Å². The molecule has 0 rings (SSSR count). The van der Waals surface area contributed by atoms with E-state index in [0.717, 1.165) is 0 Å². The summed E-state index contributed by atoms with van der Waals surface area (Å²) in [6.45, 7) is 5.25. The number of rotatable bonds is 2. The number of hydrogen-bond donors (Lipinski definition) is 2. The highest BCUT2D eigenvalue weighted by Crippen LogP contribution is 2.41. The van der Waals surface area contributed by atoms with Crippen molar-refractivity contribution in [2.75, 3.05) is 0 Å². The van der Waals surface area contributed by atoms with Gasteiger partial charge in [-0.3, -0.25) is 0 Å². The molecule has 0 saturated carbocycles. The van der Waals surface area contributed by atoms with Crippen molar-refractivity contribution in [2.45, 2.75) is 6.92 Å². The molecule has 0 aromatic heterocycles. The number of hydrogen-bond acceptors (Lipinski definition) is 3. The molecule has 2 N–H and O–H groups in total. The summed E-state index contributed by atoms with van der Waals surface area (Å²) in [5.41, 5.74) is 0. The number of halogens is 1. The van der Waals surface area contributed by atoms with Crippen LogP contribution in [0.2, 0.25) is 0 Å². The monoisotopic (exact) mass is 206 g/mol. The second-order valence-corrected chi connectivity index (χ2v) is 3.12. The Morgan fingerprint density at radius 3 is 2.10 bits per heavy atom. The van der Waals surface area contributed by atoms with E-state index in [1.54, 1.807) is 6.08 Å². The van der Waals surface area contributed by atoms with E-state index in [2.05, 4.69) is 21.2 Å². The lowest BCUT2D eigenvalue weighted by molar-refractivity contribution is 0.300. The Labute approximate surface area is 68.2 Å². The normalized spacial score (nSPS) is 9.60. The summed E-state index contributed by atoms with van der Waals surface area (Å²) in [6.07, 6.45) is 1.75. The van der Waals surface area contributed by atoms with E-state index >= 15 is 0 Å². The number of allylic oxidation sites excluding steroid dienone is 1. The van der Waals surface area contributed by atoms with E-state index in [9.17, 15) is 4.57 Å². The topological polar surface area (TPSA) is 66.8 Å². The van der Waals surface area contributed by atoms with Gasteiger partial charge in [-0.05, 0) is 17.6 Å². The van der Waals surface area contributed by atoms with E-state index < -0.39 is 7.82 Å². The molecule has 0 amide bonds. The minimum absolute atomic E-state index is 0.118. The van der Waals surface area contributed by atoms with Gasteiger partial charge in [0, 0.05) is 0 Å². The van der Waals surface area contributed by atoms with Crippen molar-refractivity contribution in [3.63, 3.8) is 0 Å². The molecule has 10 heavy (non-hydrogen) atoms. The summed E-state index contributed by atoms with van der Waals surface area (Å²) in [5, 5.41) is 0. The molecule has 0 aromatic carbocycles. The van der Waals surface area contributed by atoms with Crippen LogP contribution in [-0.2, 0) is 8.54 Å². The third kappa shape index (κ3) is 23.6. The second kappa shape index (κ2) is 7.60. The Morgan fingerprint density at radius 1 is 1.80 bits per heavy atom. The third-order valence-corrected chi connectivity index (χ3v) is 1.63. The van der Waals surface area contributed by atoms with Crippen LogP contribution in [0.5, 0.6) is 0 Å². The molecule has 7 heteroatoms. The molecule has 62 valence electrons. The summed E-state index contributed by atoms with van der Waals surface area (Å²) in [6, 6.07) is 0. The van der Waals surface area contributed by atoms with Crippen molar-refractivity contribution in [3.05, 3.63) is 12.7 Å². The standard InChI is InChI=1S/C3H6.ClH2O4PS/c1-3-2;1-7-5-6(2,3)4/h3H,1H2,2H3;(H2,2,3,4). The molecule has 0 atom stereocenters. The summed E-state index contributed by atoms with van der Waals surface area (Å²) in [7, 11) is 0.354. The lowest BCUT2D eigenvalue weighted by atomic mass is 10.8. The smallest absolute Gasteiger partial charge is 0.302 e. The Hall–Kier alpha value is 0.490. The predicted octanol–water partition coefficient (Wildman–Crippen LogP) is 2.09. The van der Waals surface area contributed by atoms with E-state index in [1.807, 2.05) is 6.92 Å². The zero-order chi connectivity index (χ0) is 8.62. The van der Waals surface area contributed by atoms with Gasteiger partial charge < -0.3 is 9.79 Å². The van der Waals surface area contributed by atoms with Gasteiger partial charge >= 0.3 is 7.82 Å². The van der Waals surface area contributed by atoms with Gasteiger partial charge in [0.2, 0.25) is 0 Å². The Kier molecular flexibility index (Phi) is 9.96. The summed E-state index contributed by atoms with van der Waals surface area (Å²) < 4.78 is 13.2. The average Bonchev–Trinajstić information content (AvgIpc) is 1.63. The Balaban J connectivity index is 0. The molecule has 0 bridgehead atoms. The molecule has 0 unspecified atom stereocenters. The highest BCUT2D eigenvalue weighted by Gasteiger charge is 2.12. The van der Waals surface area contributed by atoms with Crippen LogP contribution in [0.25, 0.3) is 0 Å². The van der Waals surface area contributed by atoms with Crippen molar-refractivity contribution >= 4 is 29.8 Å². The zero-order valence-corrected chi connectivity index (χ0v) is 7.70. The van der Waals surface area contributed by atoms with Crippen LogP contribution in [0.1, 0.15) is 6.92 Å². The SMILES string of the molecule is C=CC.O=P(O)(O)OSCl. The summed E-state index contributed by atoms with van der Waals surface area (Å²) >= 11 is 0.118. The molecule has 0 aliphatic carbocycles. The van der Waals surface area contributed by atoms with Crippen LogP contribution in [0.3, 0.4) is 0 Å². The molecule has 0 heterocycles. The third-order valence-electron chi connectivity index (χ3n) is 0.125. The average molecular weight is 207 g/mol. The van der Waals surface area contributed by atoms with Gasteiger partial charge in [0.1, 0.15) is 11.3 Å². The first-order valence-electron chi connectivity index (χ1n) is 2.07. The number of phosphoric acid groups is 1. The molecule has 0 aromatic rings. The predicted molar refractivity (Wildman–Crippen MR) is 42.4 cm³/mol. The van der Waals surface area contributed by atoms with E-state index in [-0.39, 0.29) is 11.3 Å². The molecule has 0 radical (unpaired) electrons. The summed E-state index contributed by atoms with van der Waals surface area (Å²) in [5.74, 6) is 0. The van der Waals surface area contributed by atoms with Crippen molar-refractivity contribution in [1.29, 1.82) is 0 Å². The largest absolute Gasteiger partial charge is 0.481 e. The van der Waals surface area contributed by atoms with Crippen molar-refractivity contribution in [2.24, 2.45) is 0 Å². The van der Waals surface area contributed by atoms with Crippen molar-refractivity contribution < 1.29 is 18.3 Å². The van der Waals surface area contributed by atoms with Crippen molar-refractivity contribution in [3.8, 4) is 0 Å². The first-order valence-corrected chi connectivity index (χ1v) is 5.17. The van der Waals surface area contributed by atoms with Crippen LogP contribution in [0.4, 0.5) is 0 Å². The molecule has 0 spiro atoms. The van der Waals surface area contributed by atoms with Crippen LogP contribution >= 0.6 is 29.8 Å². The van der Waals surface area contributed by atoms with Gasteiger partial charge in [-0.15, -0.1) is 6.58 Å². The molecule has 0 saturated heterocycles. The van der Waals surface area contributed by atoms with Gasteiger partial charge in [-0.1, -0.05) is 6.08 Å². The maximum Gasteiger partial charge on any atom is 0.481 e. The minimum atomic E-state index is -4.33. The highest BCUT2D eigenvalue weighted by molar-refractivity contribution is 8.19. The molecular formula is C3H8ClO4PS. The second-order valence-electron chi connectivity index (χ2n) is 1.04. The van der Waals surface area contributed by atoms with Crippen LogP contribution < -0.4 is 0 Å². The fourth-order valence-electron chi connectivity index (χ4n) is 0.0367. The van der Waals surface area contributed by atoms with Gasteiger partial charge in [-0.2, -0.15) is 3.97 Å². The van der Waals surface area contributed by atoms with Crippen molar-refractivity contribution in [1.82, 2.24) is 0 Å². The maximum atomic E-state index is 9.60. The van der Waals surface area contributed by atoms with Gasteiger partial charge in [0.05, 0.1) is 0 Å². The molecular weight excluding hydrogens is 199 g/mol.